The number of benzene rings is 2. The number of amides is 1. The average molecular weight is 358 g/mol. The highest BCUT2D eigenvalue weighted by Crippen LogP contribution is 2.25. The zero-order chi connectivity index (χ0) is 18.2. The maximum absolute atomic E-state index is 11.2. The molecule has 2 rings (SSSR count). The van der Waals surface area contributed by atoms with E-state index in [0.29, 0.717) is 16.9 Å². The molecule has 0 atom stereocenters. The van der Waals surface area contributed by atoms with Gasteiger partial charge >= 0.3 is 6.09 Å². The van der Waals surface area contributed by atoms with E-state index in [1.807, 2.05) is 0 Å². The number of ether oxygens (including phenoxy) is 1. The molecule has 0 aromatic heterocycles. The summed E-state index contributed by atoms with van der Waals surface area (Å²) in [5, 5.41) is 16.2. The van der Waals surface area contributed by atoms with Crippen molar-refractivity contribution in [2.45, 2.75) is 0 Å². The van der Waals surface area contributed by atoms with Gasteiger partial charge in [0, 0.05) is 12.3 Å². The molecule has 0 bridgehead atoms. The number of hydrogen-bond acceptors (Lipinski definition) is 6. The third-order valence-electron chi connectivity index (χ3n) is 3.03. The van der Waals surface area contributed by atoms with E-state index in [1.54, 1.807) is 42.5 Å². The summed E-state index contributed by atoms with van der Waals surface area (Å²) in [6, 6.07) is 13.2. The van der Waals surface area contributed by atoms with E-state index in [4.69, 9.17) is 12.2 Å². The zero-order valence-corrected chi connectivity index (χ0v) is 13.9. The minimum Gasteiger partial charge on any atom is -0.453 e. The van der Waals surface area contributed by atoms with Gasteiger partial charge in [0.1, 0.15) is 0 Å². The van der Waals surface area contributed by atoms with Crippen molar-refractivity contribution in [2.75, 3.05) is 12.4 Å². The van der Waals surface area contributed by atoms with Gasteiger partial charge in [-0.1, -0.05) is 24.3 Å². The smallest absolute Gasteiger partial charge is 0.413 e. The van der Waals surface area contributed by atoms with Crippen molar-refractivity contribution in [3.05, 3.63) is 64.2 Å². The van der Waals surface area contributed by atoms with Crippen molar-refractivity contribution in [1.82, 2.24) is 5.32 Å². The maximum Gasteiger partial charge on any atom is 0.413 e. The predicted octanol–water partition coefficient (Wildman–Crippen LogP) is 3.40. The van der Waals surface area contributed by atoms with Gasteiger partial charge in [0.15, 0.2) is 5.11 Å². The lowest BCUT2D eigenvalue weighted by atomic mass is 10.2. The first-order valence-corrected chi connectivity index (χ1v) is 7.44. The number of para-hydroxylation sites is 3. The highest BCUT2D eigenvalue weighted by molar-refractivity contribution is 7.80. The molecular formula is C16H14N4O4S. The van der Waals surface area contributed by atoms with Crippen LogP contribution in [-0.4, -0.2) is 29.5 Å². The fraction of sp³-hybridized carbons (Fsp3) is 0.0625. The summed E-state index contributed by atoms with van der Waals surface area (Å²) in [6.45, 7) is 0. The van der Waals surface area contributed by atoms with Crippen LogP contribution in [0.1, 0.15) is 5.56 Å². The Morgan fingerprint density at radius 1 is 1.24 bits per heavy atom. The van der Waals surface area contributed by atoms with Gasteiger partial charge in [-0.25, -0.2) is 4.79 Å². The fourth-order valence-electron chi connectivity index (χ4n) is 1.89. The Morgan fingerprint density at radius 2 is 1.92 bits per heavy atom. The fourth-order valence-corrected chi connectivity index (χ4v) is 2.08. The number of hydrogen-bond donors (Lipinski definition) is 2. The van der Waals surface area contributed by atoms with E-state index in [-0.39, 0.29) is 10.8 Å². The summed E-state index contributed by atoms with van der Waals surface area (Å²) < 4.78 is 4.46. The standard InChI is InChI=1S/C16H14N4O4S/c1-24-16(21)19-15(25)18-13-8-4-3-7-12(13)17-10-11-6-2-5-9-14(11)20(22)23/h2-10H,1H3,(H2,18,19,21,25)/b17-10+. The summed E-state index contributed by atoms with van der Waals surface area (Å²) in [4.78, 5) is 26.0. The highest BCUT2D eigenvalue weighted by atomic mass is 32.1. The van der Waals surface area contributed by atoms with Gasteiger partial charge in [-0.3, -0.25) is 20.4 Å². The lowest BCUT2D eigenvalue weighted by Crippen LogP contribution is -2.33. The number of carbonyl (C=O) groups excluding carboxylic acids is 1. The van der Waals surface area contributed by atoms with Crippen LogP contribution in [0.4, 0.5) is 21.9 Å². The molecule has 25 heavy (non-hydrogen) atoms. The van der Waals surface area contributed by atoms with E-state index < -0.39 is 11.0 Å². The Morgan fingerprint density at radius 3 is 2.64 bits per heavy atom. The molecule has 0 fully saturated rings. The molecule has 0 radical (unpaired) electrons. The number of carbonyl (C=O) groups is 1. The number of methoxy groups -OCH3 is 1. The van der Waals surface area contributed by atoms with Gasteiger partial charge in [0.05, 0.1) is 29.0 Å². The lowest BCUT2D eigenvalue weighted by Gasteiger charge is -2.10. The number of anilines is 1. The van der Waals surface area contributed by atoms with Gasteiger partial charge in [-0.15, -0.1) is 0 Å². The number of alkyl carbamates (subject to hydrolysis) is 1. The van der Waals surface area contributed by atoms with Crippen LogP contribution in [0.15, 0.2) is 53.5 Å². The second-order valence-electron chi connectivity index (χ2n) is 4.66. The zero-order valence-electron chi connectivity index (χ0n) is 13.1. The number of thiocarbonyl (C=S) groups is 1. The molecule has 2 N–H and O–H groups in total. The Hall–Kier alpha value is -3.33. The number of nitro benzene ring substituents is 1. The molecule has 128 valence electrons. The second-order valence-corrected chi connectivity index (χ2v) is 5.07. The van der Waals surface area contributed by atoms with E-state index in [0.717, 1.165) is 0 Å². The average Bonchev–Trinajstić information content (AvgIpc) is 2.61. The van der Waals surface area contributed by atoms with Crippen LogP contribution >= 0.6 is 12.2 Å². The van der Waals surface area contributed by atoms with Crippen LogP contribution in [0.5, 0.6) is 0 Å². The number of rotatable bonds is 4. The van der Waals surface area contributed by atoms with Crippen molar-refractivity contribution in [3.8, 4) is 0 Å². The minimum atomic E-state index is -0.696. The van der Waals surface area contributed by atoms with Crippen LogP contribution in [0.3, 0.4) is 0 Å². The summed E-state index contributed by atoms with van der Waals surface area (Å²) in [7, 11) is 1.23. The van der Waals surface area contributed by atoms with E-state index in [2.05, 4.69) is 20.4 Å². The van der Waals surface area contributed by atoms with E-state index in [1.165, 1.54) is 19.4 Å². The monoisotopic (exact) mass is 358 g/mol. The first kappa shape index (κ1) is 18.0. The minimum absolute atomic E-state index is 0.0418. The molecular weight excluding hydrogens is 344 g/mol. The van der Waals surface area contributed by atoms with Gasteiger partial charge < -0.3 is 10.1 Å². The number of nitro groups is 1. The van der Waals surface area contributed by atoms with Crippen molar-refractivity contribution < 1.29 is 14.5 Å². The molecule has 9 heteroatoms. The largest absolute Gasteiger partial charge is 0.453 e. The van der Waals surface area contributed by atoms with Crippen LogP contribution in [0, 0.1) is 10.1 Å². The van der Waals surface area contributed by atoms with Crippen LogP contribution < -0.4 is 10.6 Å². The SMILES string of the molecule is COC(=O)NC(=S)Nc1ccccc1/N=C/c1ccccc1[N+](=O)[O-]. The van der Waals surface area contributed by atoms with Crippen molar-refractivity contribution in [2.24, 2.45) is 4.99 Å². The Balaban J connectivity index is 2.22. The number of nitrogens with zero attached hydrogens (tertiary/aromatic N) is 2. The normalized spacial score (nSPS) is 10.3. The molecule has 0 aliphatic rings. The van der Waals surface area contributed by atoms with Crippen molar-refractivity contribution >= 4 is 46.7 Å². The number of aliphatic imine (C=N–C) groups is 1. The summed E-state index contributed by atoms with van der Waals surface area (Å²) in [5.74, 6) is 0. The first-order chi connectivity index (χ1) is 12.0. The maximum atomic E-state index is 11.2. The molecule has 0 aliphatic carbocycles. The lowest BCUT2D eigenvalue weighted by molar-refractivity contribution is -0.385. The topological polar surface area (TPSA) is 106 Å². The molecule has 1 amide bonds. The molecule has 2 aromatic carbocycles. The third-order valence-corrected chi connectivity index (χ3v) is 3.23. The van der Waals surface area contributed by atoms with Crippen LogP contribution in [-0.2, 0) is 4.74 Å². The van der Waals surface area contributed by atoms with Gasteiger partial charge in [-0.2, -0.15) is 0 Å². The molecule has 0 saturated carbocycles. The molecule has 0 heterocycles. The van der Waals surface area contributed by atoms with E-state index >= 15 is 0 Å². The summed E-state index contributed by atoms with van der Waals surface area (Å²) >= 11 is 5.01. The first-order valence-electron chi connectivity index (χ1n) is 7.03. The summed E-state index contributed by atoms with van der Waals surface area (Å²) in [5.41, 5.74) is 1.35. The number of nitrogens with one attached hydrogen (secondary N) is 2. The highest BCUT2D eigenvalue weighted by Gasteiger charge is 2.11. The van der Waals surface area contributed by atoms with Crippen molar-refractivity contribution in [3.63, 3.8) is 0 Å². The Labute approximate surface area is 148 Å². The molecule has 0 unspecified atom stereocenters. The van der Waals surface area contributed by atoms with E-state index in [9.17, 15) is 14.9 Å². The van der Waals surface area contributed by atoms with Gasteiger partial charge in [-0.05, 0) is 30.4 Å². The third kappa shape index (κ3) is 5.08. The van der Waals surface area contributed by atoms with Gasteiger partial charge in [0.2, 0.25) is 0 Å². The molecule has 0 saturated heterocycles. The summed E-state index contributed by atoms with van der Waals surface area (Å²) in [6.07, 6.45) is 0.702. The molecule has 2 aromatic rings. The molecule has 0 aliphatic heterocycles. The van der Waals surface area contributed by atoms with Crippen LogP contribution in [0.25, 0.3) is 0 Å². The Bertz CT molecular complexity index is 838. The second kappa shape index (κ2) is 8.50. The van der Waals surface area contributed by atoms with Crippen molar-refractivity contribution in [1.29, 1.82) is 0 Å². The molecule has 8 nitrogen and oxygen atoms in total. The van der Waals surface area contributed by atoms with Gasteiger partial charge in [0.25, 0.3) is 5.69 Å². The van der Waals surface area contributed by atoms with Crippen LogP contribution in [0.2, 0.25) is 0 Å². The predicted molar refractivity (Wildman–Crippen MR) is 98.6 cm³/mol. The Kier molecular flexibility index (Phi) is 6.13. The quantitative estimate of drug-likeness (QED) is 0.375. The molecule has 0 spiro atoms.